The fourth-order valence-electron chi connectivity index (χ4n) is 3.29. The number of aliphatic hydroxyl groups is 3. The Balaban J connectivity index is 2.00. The highest BCUT2D eigenvalue weighted by molar-refractivity contribution is 5.83. The minimum Gasteiger partial charge on any atom is -0.393 e. The standard InChI is InChI=1S/C18H16N2O4/c21-8-13-12(16(23)9-22)6-15-17-11(7-20(15)18(13)24)5-10-3-1-2-4-14(10)19-17/h1-6,16,21-23H,7-9H2. The Bertz CT molecular complexity index is 1010. The highest BCUT2D eigenvalue weighted by Crippen LogP contribution is 2.33. The first kappa shape index (κ1) is 15.0. The van der Waals surface area contributed by atoms with Crippen molar-refractivity contribution in [3.8, 4) is 11.4 Å². The molecule has 6 nitrogen and oxygen atoms in total. The van der Waals surface area contributed by atoms with Crippen molar-refractivity contribution in [2.75, 3.05) is 6.61 Å². The van der Waals surface area contributed by atoms with E-state index in [4.69, 9.17) is 0 Å². The van der Waals surface area contributed by atoms with Gasteiger partial charge in [-0.25, -0.2) is 4.98 Å². The second kappa shape index (κ2) is 5.52. The number of hydrogen-bond donors (Lipinski definition) is 3. The molecule has 3 heterocycles. The molecule has 0 saturated carbocycles. The largest absolute Gasteiger partial charge is 0.393 e. The highest BCUT2D eigenvalue weighted by atomic mass is 16.3. The number of fused-ring (bicyclic) bond motifs is 4. The van der Waals surface area contributed by atoms with Crippen molar-refractivity contribution in [3.63, 3.8) is 0 Å². The van der Waals surface area contributed by atoms with Crippen LogP contribution in [0.15, 0.2) is 41.2 Å². The summed E-state index contributed by atoms with van der Waals surface area (Å²) in [6.45, 7) is -0.630. The first-order valence-corrected chi connectivity index (χ1v) is 7.69. The zero-order chi connectivity index (χ0) is 16.8. The molecule has 0 bridgehead atoms. The van der Waals surface area contributed by atoms with E-state index in [0.29, 0.717) is 17.9 Å². The number of para-hydroxylation sites is 1. The molecule has 3 aromatic rings. The van der Waals surface area contributed by atoms with Gasteiger partial charge < -0.3 is 19.9 Å². The fraction of sp³-hybridized carbons (Fsp3) is 0.222. The molecule has 1 aliphatic heterocycles. The normalized spacial score (nSPS) is 13.8. The molecule has 24 heavy (non-hydrogen) atoms. The van der Waals surface area contributed by atoms with Crippen molar-refractivity contribution in [2.45, 2.75) is 19.3 Å². The topological polar surface area (TPSA) is 95.6 Å². The summed E-state index contributed by atoms with van der Waals surface area (Å²) in [7, 11) is 0. The second-order valence-corrected chi connectivity index (χ2v) is 5.90. The molecule has 3 N–H and O–H groups in total. The van der Waals surface area contributed by atoms with Crippen LogP contribution in [0.3, 0.4) is 0 Å². The van der Waals surface area contributed by atoms with Crippen molar-refractivity contribution < 1.29 is 15.3 Å². The van der Waals surface area contributed by atoms with Crippen LogP contribution in [0.1, 0.15) is 22.8 Å². The van der Waals surface area contributed by atoms with Crippen molar-refractivity contribution in [1.29, 1.82) is 0 Å². The van der Waals surface area contributed by atoms with Gasteiger partial charge in [0.25, 0.3) is 5.56 Å². The van der Waals surface area contributed by atoms with Crippen LogP contribution in [0.25, 0.3) is 22.3 Å². The number of pyridine rings is 2. The van der Waals surface area contributed by atoms with E-state index in [1.165, 1.54) is 0 Å². The van der Waals surface area contributed by atoms with E-state index in [1.54, 1.807) is 10.6 Å². The van der Waals surface area contributed by atoms with E-state index < -0.39 is 19.3 Å². The average molecular weight is 324 g/mol. The van der Waals surface area contributed by atoms with Crippen molar-refractivity contribution >= 4 is 10.9 Å². The molecule has 0 radical (unpaired) electrons. The van der Waals surface area contributed by atoms with Gasteiger partial charge in [-0.05, 0) is 23.8 Å². The summed E-state index contributed by atoms with van der Waals surface area (Å²) in [4.78, 5) is 17.3. The summed E-state index contributed by atoms with van der Waals surface area (Å²) in [5.74, 6) is 0. The maximum atomic E-state index is 12.7. The average Bonchev–Trinajstić information content (AvgIpc) is 2.97. The quantitative estimate of drug-likeness (QED) is 0.521. The van der Waals surface area contributed by atoms with Crippen LogP contribution in [0.2, 0.25) is 0 Å². The lowest BCUT2D eigenvalue weighted by atomic mass is 10.0. The Labute approximate surface area is 137 Å². The van der Waals surface area contributed by atoms with E-state index in [9.17, 15) is 20.1 Å². The Morgan fingerprint density at radius 2 is 2.00 bits per heavy atom. The van der Waals surface area contributed by atoms with Gasteiger partial charge in [-0.3, -0.25) is 4.79 Å². The Morgan fingerprint density at radius 3 is 2.75 bits per heavy atom. The summed E-state index contributed by atoms with van der Waals surface area (Å²) in [6, 6.07) is 11.4. The van der Waals surface area contributed by atoms with Crippen LogP contribution in [0.5, 0.6) is 0 Å². The zero-order valence-electron chi connectivity index (χ0n) is 12.8. The molecule has 1 aromatic carbocycles. The summed E-state index contributed by atoms with van der Waals surface area (Å²) >= 11 is 0. The Hall–Kier alpha value is -2.54. The van der Waals surface area contributed by atoms with Crippen molar-refractivity contribution in [2.24, 2.45) is 0 Å². The third-order valence-electron chi connectivity index (χ3n) is 4.50. The molecule has 0 fully saturated rings. The molecule has 1 unspecified atom stereocenters. The van der Waals surface area contributed by atoms with Gasteiger partial charge in [0.15, 0.2) is 0 Å². The molecule has 1 aliphatic rings. The van der Waals surface area contributed by atoms with E-state index >= 15 is 0 Å². The molecule has 0 spiro atoms. The molecular formula is C18H16N2O4. The lowest BCUT2D eigenvalue weighted by molar-refractivity contribution is 0.0933. The number of hydrogen-bond acceptors (Lipinski definition) is 5. The summed E-state index contributed by atoms with van der Waals surface area (Å²) in [5.41, 5.74) is 3.04. The number of rotatable bonds is 3. The molecule has 2 aromatic heterocycles. The number of aromatic nitrogens is 2. The van der Waals surface area contributed by atoms with E-state index in [-0.39, 0.29) is 16.7 Å². The molecular weight excluding hydrogens is 308 g/mol. The van der Waals surface area contributed by atoms with Crippen molar-refractivity contribution in [3.05, 3.63) is 63.4 Å². The fourth-order valence-corrected chi connectivity index (χ4v) is 3.29. The summed E-state index contributed by atoms with van der Waals surface area (Å²) in [5, 5.41) is 29.7. The Kier molecular flexibility index (Phi) is 3.45. The lowest BCUT2D eigenvalue weighted by Gasteiger charge is -2.15. The predicted molar refractivity (Wildman–Crippen MR) is 88.5 cm³/mol. The highest BCUT2D eigenvalue weighted by Gasteiger charge is 2.26. The van der Waals surface area contributed by atoms with Gasteiger partial charge in [0.05, 0.1) is 36.7 Å². The number of nitrogens with zero attached hydrogens (tertiary/aromatic N) is 2. The number of aliphatic hydroxyl groups excluding tert-OH is 3. The first-order valence-electron chi connectivity index (χ1n) is 7.69. The van der Waals surface area contributed by atoms with Gasteiger partial charge in [-0.1, -0.05) is 18.2 Å². The smallest absolute Gasteiger partial charge is 0.257 e. The SMILES string of the molecule is O=c1c(CO)c(C(O)CO)cc2n1Cc1cc3ccccc3nc1-2. The lowest BCUT2D eigenvalue weighted by Crippen LogP contribution is -2.26. The summed E-state index contributed by atoms with van der Waals surface area (Å²) in [6.07, 6.45) is -1.21. The molecule has 6 heteroatoms. The van der Waals surface area contributed by atoms with Crippen LogP contribution < -0.4 is 5.56 Å². The van der Waals surface area contributed by atoms with Crippen LogP contribution in [0.4, 0.5) is 0 Å². The molecule has 0 saturated heterocycles. The minimum absolute atomic E-state index is 0.109. The molecule has 0 amide bonds. The molecule has 1 atom stereocenters. The van der Waals surface area contributed by atoms with Crippen LogP contribution in [-0.4, -0.2) is 31.5 Å². The molecule has 4 rings (SSSR count). The molecule has 122 valence electrons. The van der Waals surface area contributed by atoms with E-state index in [1.807, 2.05) is 30.3 Å². The van der Waals surface area contributed by atoms with Gasteiger partial charge >= 0.3 is 0 Å². The van der Waals surface area contributed by atoms with Crippen LogP contribution in [-0.2, 0) is 13.2 Å². The van der Waals surface area contributed by atoms with Gasteiger partial charge in [0, 0.05) is 16.5 Å². The van der Waals surface area contributed by atoms with Gasteiger partial charge in [0.1, 0.15) is 6.10 Å². The van der Waals surface area contributed by atoms with Crippen molar-refractivity contribution in [1.82, 2.24) is 9.55 Å². The predicted octanol–water partition coefficient (Wildman–Crippen LogP) is 0.943. The number of benzene rings is 1. The zero-order valence-corrected chi connectivity index (χ0v) is 12.8. The third-order valence-corrected chi connectivity index (χ3v) is 4.50. The van der Waals surface area contributed by atoms with Crippen LogP contribution >= 0.6 is 0 Å². The van der Waals surface area contributed by atoms with E-state index in [0.717, 1.165) is 16.5 Å². The maximum absolute atomic E-state index is 12.7. The third kappa shape index (κ3) is 2.08. The minimum atomic E-state index is -1.21. The Morgan fingerprint density at radius 1 is 1.21 bits per heavy atom. The van der Waals surface area contributed by atoms with Crippen LogP contribution in [0, 0.1) is 0 Å². The molecule has 0 aliphatic carbocycles. The first-order chi connectivity index (χ1) is 11.6. The van der Waals surface area contributed by atoms with Gasteiger partial charge in [-0.2, -0.15) is 0 Å². The van der Waals surface area contributed by atoms with E-state index in [2.05, 4.69) is 4.98 Å². The summed E-state index contributed by atoms with van der Waals surface area (Å²) < 4.78 is 1.55. The second-order valence-electron chi connectivity index (χ2n) is 5.90. The van der Waals surface area contributed by atoms with Gasteiger partial charge in [-0.15, -0.1) is 0 Å². The monoisotopic (exact) mass is 324 g/mol. The van der Waals surface area contributed by atoms with Gasteiger partial charge in [0.2, 0.25) is 0 Å². The maximum Gasteiger partial charge on any atom is 0.257 e.